The zero-order chi connectivity index (χ0) is 20.0. The number of methoxy groups -OCH3 is 2. The molecule has 4 N–H and O–H groups in total. The summed E-state index contributed by atoms with van der Waals surface area (Å²) < 4.78 is 10.4. The van der Waals surface area contributed by atoms with E-state index in [2.05, 4.69) is 5.32 Å². The van der Waals surface area contributed by atoms with E-state index < -0.39 is 23.8 Å². The smallest absolute Gasteiger partial charge is 0.316 e. The van der Waals surface area contributed by atoms with Gasteiger partial charge >= 0.3 is 11.8 Å². The second kappa shape index (κ2) is 8.70. The van der Waals surface area contributed by atoms with Gasteiger partial charge in [-0.25, -0.2) is 0 Å². The Labute approximate surface area is 156 Å². The van der Waals surface area contributed by atoms with Crippen molar-refractivity contribution in [1.82, 2.24) is 10.6 Å². The molecule has 3 amide bonds. The van der Waals surface area contributed by atoms with Crippen molar-refractivity contribution in [2.75, 3.05) is 20.0 Å². The summed E-state index contributed by atoms with van der Waals surface area (Å²) in [5.74, 6) is -1.62. The molecular formula is C19H21N3O5. The molecule has 0 radical (unpaired) electrons. The molecule has 0 saturated carbocycles. The van der Waals surface area contributed by atoms with Crippen LogP contribution < -0.4 is 25.8 Å². The lowest BCUT2D eigenvalue weighted by molar-refractivity contribution is -0.139. The number of ether oxygens (including phenoxy) is 2. The average Bonchev–Trinajstić information content (AvgIpc) is 2.67. The highest BCUT2D eigenvalue weighted by Gasteiger charge is 2.20. The lowest BCUT2D eigenvalue weighted by Crippen LogP contribution is -2.43. The van der Waals surface area contributed by atoms with Crippen molar-refractivity contribution in [3.63, 3.8) is 0 Å². The number of rotatable bonds is 5. The third-order valence-electron chi connectivity index (χ3n) is 3.86. The van der Waals surface area contributed by atoms with Crippen molar-refractivity contribution in [1.29, 1.82) is 0 Å². The zero-order valence-corrected chi connectivity index (χ0v) is 15.2. The van der Waals surface area contributed by atoms with Crippen LogP contribution in [0.2, 0.25) is 0 Å². The number of hydrogen-bond donors (Lipinski definition) is 3. The molecule has 8 nitrogen and oxygen atoms in total. The van der Waals surface area contributed by atoms with E-state index in [9.17, 15) is 14.4 Å². The second-order valence-corrected chi connectivity index (χ2v) is 5.71. The lowest BCUT2D eigenvalue weighted by Gasteiger charge is -2.16. The number of hydrogen-bond acceptors (Lipinski definition) is 6. The van der Waals surface area contributed by atoms with E-state index >= 15 is 0 Å². The van der Waals surface area contributed by atoms with Crippen molar-refractivity contribution in [2.24, 2.45) is 0 Å². The summed E-state index contributed by atoms with van der Waals surface area (Å²) in [6.45, 7) is 1.70. The highest BCUT2D eigenvalue weighted by molar-refractivity contribution is 6.38. The maximum absolute atomic E-state index is 12.1. The van der Waals surface area contributed by atoms with E-state index in [4.69, 9.17) is 15.2 Å². The molecule has 1 atom stereocenters. The number of nitrogen functional groups attached to an aromatic ring is 1. The minimum absolute atomic E-state index is 0.221. The first-order valence-electron chi connectivity index (χ1n) is 8.09. The fourth-order valence-electron chi connectivity index (χ4n) is 2.33. The topological polar surface area (TPSA) is 120 Å². The Balaban J connectivity index is 2.00. The minimum atomic E-state index is -1.05. The summed E-state index contributed by atoms with van der Waals surface area (Å²) in [7, 11) is 3.02. The lowest BCUT2D eigenvalue weighted by atomic mass is 10.1. The van der Waals surface area contributed by atoms with Gasteiger partial charge in [-0.05, 0) is 48.9 Å². The fraction of sp³-hybridized carbons (Fsp3) is 0.211. The summed E-state index contributed by atoms with van der Waals surface area (Å²) in [6.07, 6.45) is 0. The van der Waals surface area contributed by atoms with Crippen LogP contribution in [0.3, 0.4) is 0 Å². The Hall–Kier alpha value is -3.55. The van der Waals surface area contributed by atoms with Gasteiger partial charge in [0.25, 0.3) is 5.91 Å². The van der Waals surface area contributed by atoms with Gasteiger partial charge in [0, 0.05) is 11.3 Å². The molecule has 0 aliphatic rings. The minimum Gasteiger partial charge on any atom is -0.493 e. The Morgan fingerprint density at radius 2 is 1.56 bits per heavy atom. The summed E-state index contributed by atoms with van der Waals surface area (Å²) in [5.41, 5.74) is 6.96. The predicted octanol–water partition coefficient (Wildman–Crippen LogP) is 1.42. The normalized spacial score (nSPS) is 11.2. The van der Waals surface area contributed by atoms with Crippen molar-refractivity contribution in [2.45, 2.75) is 13.0 Å². The van der Waals surface area contributed by atoms with Crippen LogP contribution >= 0.6 is 0 Å². The Morgan fingerprint density at radius 3 is 2.15 bits per heavy atom. The number of carbonyl (C=O) groups is 3. The fourth-order valence-corrected chi connectivity index (χ4v) is 2.33. The standard InChI is InChI=1S/C19H21N3O5/c1-11(13-6-9-15(26-2)16(10-13)27-3)21-18(24)19(25)22-17(23)12-4-7-14(20)8-5-12/h4-11H,20H2,1-3H3,(H,21,24)(H,22,23,25). The average molecular weight is 371 g/mol. The van der Waals surface area contributed by atoms with E-state index in [0.717, 1.165) is 0 Å². The van der Waals surface area contributed by atoms with Crippen LogP contribution in [0.1, 0.15) is 28.9 Å². The monoisotopic (exact) mass is 371 g/mol. The van der Waals surface area contributed by atoms with Crippen LogP contribution in [-0.2, 0) is 9.59 Å². The molecule has 0 spiro atoms. The molecule has 0 aliphatic heterocycles. The van der Waals surface area contributed by atoms with E-state index in [1.807, 2.05) is 5.32 Å². The number of imide groups is 1. The van der Waals surface area contributed by atoms with Gasteiger partial charge in [0.1, 0.15) is 0 Å². The van der Waals surface area contributed by atoms with Crippen molar-refractivity contribution in [3.8, 4) is 11.5 Å². The molecular weight excluding hydrogens is 350 g/mol. The molecule has 0 aromatic heterocycles. The van der Waals surface area contributed by atoms with Crippen LogP contribution in [0.4, 0.5) is 5.69 Å². The Kier molecular flexibility index (Phi) is 6.37. The van der Waals surface area contributed by atoms with E-state index in [1.165, 1.54) is 38.5 Å². The molecule has 1 unspecified atom stereocenters. The van der Waals surface area contributed by atoms with Gasteiger partial charge in [-0.15, -0.1) is 0 Å². The molecule has 27 heavy (non-hydrogen) atoms. The first-order chi connectivity index (χ1) is 12.8. The summed E-state index contributed by atoms with van der Waals surface area (Å²) in [4.78, 5) is 36.0. The molecule has 0 fully saturated rings. The first-order valence-corrected chi connectivity index (χ1v) is 8.09. The highest BCUT2D eigenvalue weighted by atomic mass is 16.5. The molecule has 0 bridgehead atoms. The Bertz CT molecular complexity index is 849. The molecule has 142 valence electrons. The van der Waals surface area contributed by atoms with Gasteiger partial charge in [0.15, 0.2) is 11.5 Å². The predicted molar refractivity (Wildman–Crippen MR) is 99.4 cm³/mol. The van der Waals surface area contributed by atoms with E-state index in [1.54, 1.807) is 25.1 Å². The highest BCUT2D eigenvalue weighted by Crippen LogP contribution is 2.29. The van der Waals surface area contributed by atoms with Crippen molar-refractivity contribution < 1.29 is 23.9 Å². The summed E-state index contributed by atoms with van der Waals surface area (Å²) >= 11 is 0. The third kappa shape index (κ3) is 4.97. The van der Waals surface area contributed by atoms with Gasteiger partial charge < -0.3 is 20.5 Å². The summed E-state index contributed by atoms with van der Waals surface area (Å²) in [6, 6.07) is 10.6. The maximum atomic E-state index is 12.1. The number of carbonyl (C=O) groups excluding carboxylic acids is 3. The first kappa shape index (κ1) is 19.8. The van der Waals surface area contributed by atoms with Crippen LogP contribution in [0.25, 0.3) is 0 Å². The quantitative estimate of drug-likeness (QED) is 0.540. The number of nitrogens with one attached hydrogen (secondary N) is 2. The Morgan fingerprint density at radius 1 is 0.926 bits per heavy atom. The number of anilines is 1. The number of amides is 3. The molecule has 2 rings (SSSR count). The van der Waals surface area contributed by atoms with E-state index in [0.29, 0.717) is 22.7 Å². The molecule has 2 aromatic rings. The van der Waals surface area contributed by atoms with Crippen LogP contribution in [0.15, 0.2) is 42.5 Å². The van der Waals surface area contributed by atoms with Gasteiger partial charge in [-0.3, -0.25) is 19.7 Å². The largest absolute Gasteiger partial charge is 0.493 e. The third-order valence-corrected chi connectivity index (χ3v) is 3.86. The van der Waals surface area contributed by atoms with Crippen LogP contribution in [0.5, 0.6) is 11.5 Å². The molecule has 8 heteroatoms. The van der Waals surface area contributed by atoms with Gasteiger partial charge in [0.2, 0.25) is 0 Å². The number of nitrogens with two attached hydrogens (primary N) is 1. The van der Waals surface area contributed by atoms with Gasteiger partial charge in [0.05, 0.1) is 20.3 Å². The molecule has 2 aromatic carbocycles. The van der Waals surface area contributed by atoms with Crippen LogP contribution in [0, 0.1) is 0 Å². The molecule has 0 heterocycles. The van der Waals surface area contributed by atoms with Crippen molar-refractivity contribution in [3.05, 3.63) is 53.6 Å². The zero-order valence-electron chi connectivity index (χ0n) is 15.2. The summed E-state index contributed by atoms with van der Waals surface area (Å²) in [5, 5.41) is 4.57. The van der Waals surface area contributed by atoms with Crippen LogP contribution in [-0.4, -0.2) is 31.9 Å². The second-order valence-electron chi connectivity index (χ2n) is 5.71. The molecule has 0 saturated heterocycles. The number of benzene rings is 2. The molecule has 0 aliphatic carbocycles. The van der Waals surface area contributed by atoms with Gasteiger partial charge in [-0.1, -0.05) is 6.07 Å². The van der Waals surface area contributed by atoms with Crippen molar-refractivity contribution >= 4 is 23.4 Å². The van der Waals surface area contributed by atoms with E-state index in [-0.39, 0.29) is 5.56 Å². The maximum Gasteiger partial charge on any atom is 0.316 e. The van der Waals surface area contributed by atoms with Gasteiger partial charge in [-0.2, -0.15) is 0 Å². The SMILES string of the molecule is COc1ccc(C(C)NC(=O)C(=O)NC(=O)c2ccc(N)cc2)cc1OC.